The Morgan fingerprint density at radius 3 is 1.81 bits per heavy atom. The van der Waals surface area contributed by atoms with Gasteiger partial charge in [0.1, 0.15) is 0 Å². The van der Waals surface area contributed by atoms with Crippen LogP contribution in [0.15, 0.2) is 48.5 Å². The Balaban J connectivity index is 2.13. The predicted molar refractivity (Wildman–Crippen MR) is 76.1 cm³/mol. The molecule has 110 valence electrons. The minimum Gasteiger partial charge on any atom is -0.281 e. The quantitative estimate of drug-likeness (QED) is 0.720. The molecule has 2 aromatic carbocycles. The standard InChI is InChI=1S/C16H12ClF3O/c17-15(21)10-3-11-1-4-12(5-2-11)13-6-8-14(9-7-13)16(18,19)20/h1-2,4-9H,3,10H2. The molecule has 0 atom stereocenters. The lowest BCUT2D eigenvalue weighted by Gasteiger charge is -2.08. The van der Waals surface area contributed by atoms with Gasteiger partial charge in [0.25, 0.3) is 0 Å². The van der Waals surface area contributed by atoms with Gasteiger partial charge in [-0.05, 0) is 46.8 Å². The molecule has 0 saturated heterocycles. The molecule has 0 fully saturated rings. The van der Waals surface area contributed by atoms with Gasteiger partial charge in [-0.1, -0.05) is 36.4 Å². The number of alkyl halides is 3. The van der Waals surface area contributed by atoms with Crippen molar-refractivity contribution in [3.05, 3.63) is 59.7 Å². The largest absolute Gasteiger partial charge is 0.416 e. The van der Waals surface area contributed by atoms with Crippen LogP contribution in [0, 0.1) is 0 Å². The average Bonchev–Trinajstić information content (AvgIpc) is 2.45. The van der Waals surface area contributed by atoms with Crippen molar-refractivity contribution in [1.82, 2.24) is 0 Å². The van der Waals surface area contributed by atoms with E-state index in [4.69, 9.17) is 11.6 Å². The zero-order valence-electron chi connectivity index (χ0n) is 11.0. The molecule has 2 rings (SSSR count). The number of hydrogen-bond donors (Lipinski definition) is 0. The summed E-state index contributed by atoms with van der Waals surface area (Å²) in [6.07, 6.45) is -3.51. The van der Waals surface area contributed by atoms with Crippen molar-refractivity contribution in [2.45, 2.75) is 19.0 Å². The summed E-state index contributed by atoms with van der Waals surface area (Å²) in [5.41, 5.74) is 1.83. The van der Waals surface area contributed by atoms with Crippen LogP contribution in [0.2, 0.25) is 0 Å². The van der Waals surface area contributed by atoms with Crippen LogP contribution in [0.1, 0.15) is 17.5 Å². The van der Waals surface area contributed by atoms with E-state index >= 15 is 0 Å². The SMILES string of the molecule is O=C(Cl)CCc1ccc(-c2ccc(C(F)(F)F)cc2)cc1. The molecule has 0 saturated carbocycles. The first-order valence-corrected chi connectivity index (χ1v) is 6.69. The van der Waals surface area contributed by atoms with Gasteiger partial charge >= 0.3 is 6.18 Å². The molecule has 0 bridgehead atoms. The third kappa shape index (κ3) is 4.33. The van der Waals surface area contributed by atoms with E-state index in [1.807, 2.05) is 24.3 Å². The zero-order chi connectivity index (χ0) is 15.5. The van der Waals surface area contributed by atoms with E-state index in [9.17, 15) is 18.0 Å². The molecule has 0 aliphatic heterocycles. The van der Waals surface area contributed by atoms with E-state index in [1.165, 1.54) is 12.1 Å². The molecule has 0 unspecified atom stereocenters. The van der Waals surface area contributed by atoms with E-state index in [0.29, 0.717) is 12.0 Å². The molecule has 0 aromatic heterocycles. The van der Waals surface area contributed by atoms with Crippen LogP contribution in [0.25, 0.3) is 11.1 Å². The molecular formula is C16H12ClF3O. The topological polar surface area (TPSA) is 17.1 Å². The van der Waals surface area contributed by atoms with Crippen molar-refractivity contribution in [3.8, 4) is 11.1 Å². The average molecular weight is 313 g/mol. The molecular weight excluding hydrogens is 301 g/mol. The number of carbonyl (C=O) groups excluding carboxylic acids is 1. The summed E-state index contributed by atoms with van der Waals surface area (Å²) in [5.74, 6) is 0. The summed E-state index contributed by atoms with van der Waals surface area (Å²) in [5, 5.41) is -0.387. The van der Waals surface area contributed by atoms with E-state index < -0.39 is 11.7 Å². The first-order chi connectivity index (χ1) is 9.86. The fourth-order valence-corrected chi connectivity index (χ4v) is 2.05. The fourth-order valence-electron chi connectivity index (χ4n) is 1.96. The van der Waals surface area contributed by atoms with Gasteiger partial charge in [-0.2, -0.15) is 13.2 Å². The Morgan fingerprint density at radius 2 is 1.38 bits per heavy atom. The summed E-state index contributed by atoms with van der Waals surface area (Å²) >= 11 is 5.28. The fraction of sp³-hybridized carbons (Fsp3) is 0.188. The Labute approximate surface area is 125 Å². The maximum Gasteiger partial charge on any atom is 0.416 e. The van der Waals surface area contributed by atoms with E-state index in [-0.39, 0.29) is 11.7 Å². The van der Waals surface area contributed by atoms with Gasteiger partial charge < -0.3 is 0 Å². The van der Waals surface area contributed by atoms with Gasteiger partial charge in [0.05, 0.1) is 5.56 Å². The lowest BCUT2D eigenvalue weighted by Crippen LogP contribution is -2.03. The van der Waals surface area contributed by atoms with E-state index in [0.717, 1.165) is 23.3 Å². The second-order valence-electron chi connectivity index (χ2n) is 4.63. The highest BCUT2D eigenvalue weighted by Gasteiger charge is 2.29. The first-order valence-electron chi connectivity index (χ1n) is 6.31. The van der Waals surface area contributed by atoms with Crippen molar-refractivity contribution < 1.29 is 18.0 Å². The van der Waals surface area contributed by atoms with Crippen LogP contribution in [-0.2, 0) is 17.4 Å². The smallest absolute Gasteiger partial charge is 0.281 e. The van der Waals surface area contributed by atoms with Crippen molar-refractivity contribution in [2.75, 3.05) is 0 Å². The van der Waals surface area contributed by atoms with Crippen molar-refractivity contribution in [2.24, 2.45) is 0 Å². The molecule has 5 heteroatoms. The summed E-state index contributed by atoms with van der Waals surface area (Å²) in [6, 6.07) is 12.3. The van der Waals surface area contributed by atoms with E-state index in [2.05, 4.69) is 0 Å². The molecule has 2 aromatic rings. The second-order valence-corrected chi connectivity index (χ2v) is 5.05. The molecule has 0 amide bonds. The number of hydrogen-bond acceptors (Lipinski definition) is 1. The molecule has 0 radical (unpaired) electrons. The lowest BCUT2D eigenvalue weighted by molar-refractivity contribution is -0.137. The second kappa shape index (κ2) is 6.31. The highest BCUT2D eigenvalue weighted by Crippen LogP contribution is 2.31. The Morgan fingerprint density at radius 1 is 0.905 bits per heavy atom. The van der Waals surface area contributed by atoms with Crippen LogP contribution < -0.4 is 0 Å². The summed E-state index contributed by atoms with van der Waals surface area (Å²) in [4.78, 5) is 10.7. The Kier molecular flexibility index (Phi) is 4.68. The predicted octanol–water partition coefficient (Wildman–Crippen LogP) is 5.07. The van der Waals surface area contributed by atoms with E-state index in [1.54, 1.807) is 0 Å². The molecule has 0 N–H and O–H groups in total. The minimum absolute atomic E-state index is 0.265. The number of benzene rings is 2. The van der Waals surface area contributed by atoms with Crippen molar-refractivity contribution in [3.63, 3.8) is 0 Å². The zero-order valence-corrected chi connectivity index (χ0v) is 11.7. The molecule has 0 spiro atoms. The maximum absolute atomic E-state index is 12.5. The summed E-state index contributed by atoms with van der Waals surface area (Å²) < 4.78 is 37.5. The summed E-state index contributed by atoms with van der Waals surface area (Å²) in [6.45, 7) is 0. The van der Waals surface area contributed by atoms with Gasteiger partial charge in [-0.25, -0.2) is 0 Å². The van der Waals surface area contributed by atoms with Crippen molar-refractivity contribution in [1.29, 1.82) is 0 Å². The lowest BCUT2D eigenvalue weighted by atomic mass is 10.0. The molecule has 1 nitrogen and oxygen atoms in total. The van der Waals surface area contributed by atoms with Gasteiger partial charge in [-0.15, -0.1) is 0 Å². The van der Waals surface area contributed by atoms with Crippen LogP contribution in [0.4, 0.5) is 13.2 Å². The maximum atomic E-state index is 12.5. The number of aryl methyl sites for hydroxylation is 1. The van der Waals surface area contributed by atoms with Crippen molar-refractivity contribution >= 4 is 16.8 Å². The normalized spacial score (nSPS) is 11.4. The number of rotatable bonds is 4. The van der Waals surface area contributed by atoms with Crippen LogP contribution >= 0.6 is 11.6 Å². The number of halogens is 4. The van der Waals surface area contributed by atoms with Gasteiger partial charge in [-0.3, -0.25) is 4.79 Å². The third-order valence-electron chi connectivity index (χ3n) is 3.11. The van der Waals surface area contributed by atoms with Gasteiger partial charge in [0, 0.05) is 6.42 Å². The van der Waals surface area contributed by atoms with Crippen LogP contribution in [0.3, 0.4) is 0 Å². The van der Waals surface area contributed by atoms with Crippen LogP contribution in [0.5, 0.6) is 0 Å². The molecule has 0 aliphatic carbocycles. The highest BCUT2D eigenvalue weighted by atomic mass is 35.5. The Hall–Kier alpha value is -1.81. The number of carbonyl (C=O) groups is 1. The molecule has 0 aliphatic rings. The summed E-state index contributed by atoms with van der Waals surface area (Å²) in [7, 11) is 0. The van der Waals surface area contributed by atoms with Gasteiger partial charge in [0.15, 0.2) is 0 Å². The molecule has 21 heavy (non-hydrogen) atoms. The highest BCUT2D eigenvalue weighted by molar-refractivity contribution is 6.63. The molecule has 0 heterocycles. The first kappa shape index (κ1) is 15.6. The monoisotopic (exact) mass is 312 g/mol. The van der Waals surface area contributed by atoms with Crippen LogP contribution in [-0.4, -0.2) is 5.24 Å². The minimum atomic E-state index is -4.32. The third-order valence-corrected chi connectivity index (χ3v) is 3.30. The Bertz CT molecular complexity index is 615. The van der Waals surface area contributed by atoms with Gasteiger partial charge in [0.2, 0.25) is 5.24 Å².